The first-order valence-electron chi connectivity index (χ1n) is 5.44. The van der Waals surface area contributed by atoms with Crippen molar-refractivity contribution in [3.8, 4) is 0 Å². The second kappa shape index (κ2) is 6.00. The fourth-order valence-electron chi connectivity index (χ4n) is 1.23. The lowest BCUT2D eigenvalue weighted by atomic mass is 10.4. The highest BCUT2D eigenvalue weighted by Gasteiger charge is 2.13. The van der Waals surface area contributed by atoms with Crippen LogP contribution in [0.25, 0.3) is 0 Å². The van der Waals surface area contributed by atoms with E-state index in [1.165, 1.54) is 0 Å². The molecular formula is C10H21N5S. The van der Waals surface area contributed by atoms with Crippen LogP contribution in [0.5, 0.6) is 0 Å². The molecule has 92 valence electrons. The molecule has 1 rings (SSSR count). The van der Waals surface area contributed by atoms with Gasteiger partial charge in [0, 0.05) is 12.1 Å². The highest BCUT2D eigenvalue weighted by molar-refractivity contribution is 8.13. The number of nitrogens with zero attached hydrogens (tertiary/aromatic N) is 2. The molecular weight excluding hydrogens is 222 g/mol. The quantitative estimate of drug-likeness (QED) is 0.693. The predicted molar refractivity (Wildman–Crippen MR) is 70.6 cm³/mol. The summed E-state index contributed by atoms with van der Waals surface area (Å²) < 4.78 is 0. The van der Waals surface area contributed by atoms with Crippen molar-refractivity contribution < 1.29 is 0 Å². The van der Waals surface area contributed by atoms with Crippen molar-refractivity contribution in [3.63, 3.8) is 0 Å². The maximum absolute atomic E-state index is 4.43. The third-order valence-corrected chi connectivity index (χ3v) is 2.29. The van der Waals surface area contributed by atoms with Crippen LogP contribution in [0.15, 0.2) is 17.0 Å². The summed E-state index contributed by atoms with van der Waals surface area (Å²) >= 11 is 1.58. The van der Waals surface area contributed by atoms with Crippen LogP contribution in [0.3, 0.4) is 0 Å². The Bertz CT molecular complexity index is 285. The molecule has 6 heteroatoms. The van der Waals surface area contributed by atoms with Crippen molar-refractivity contribution in [2.24, 2.45) is 4.99 Å². The molecule has 0 amide bonds. The van der Waals surface area contributed by atoms with Crippen molar-refractivity contribution in [1.82, 2.24) is 21.3 Å². The molecule has 0 aromatic carbocycles. The summed E-state index contributed by atoms with van der Waals surface area (Å²) in [6, 6.07) is 0.738. The Labute approximate surface area is 102 Å². The van der Waals surface area contributed by atoms with Crippen LogP contribution in [0, 0.1) is 0 Å². The third-order valence-electron chi connectivity index (χ3n) is 1.72. The van der Waals surface area contributed by atoms with Crippen LogP contribution in [-0.2, 0) is 0 Å². The number of nitrogens with one attached hydrogen (secondary N) is 3. The van der Waals surface area contributed by atoms with E-state index in [2.05, 4.69) is 48.9 Å². The number of hydrogen-bond acceptors (Lipinski definition) is 6. The molecule has 16 heavy (non-hydrogen) atoms. The summed E-state index contributed by atoms with van der Waals surface area (Å²) in [7, 11) is 0. The van der Waals surface area contributed by atoms with E-state index in [4.69, 9.17) is 0 Å². The minimum atomic E-state index is 0.366. The van der Waals surface area contributed by atoms with Crippen LogP contribution in [0.1, 0.15) is 27.7 Å². The van der Waals surface area contributed by atoms with Crippen molar-refractivity contribution in [1.29, 1.82) is 0 Å². The molecule has 5 nitrogen and oxygen atoms in total. The summed E-state index contributed by atoms with van der Waals surface area (Å²) in [4.78, 5) is 4.43. The molecule has 0 radical (unpaired) electrons. The zero-order valence-corrected chi connectivity index (χ0v) is 11.4. The number of amidine groups is 1. The monoisotopic (exact) mass is 243 g/mol. The largest absolute Gasteiger partial charge is 0.366 e. The van der Waals surface area contributed by atoms with Crippen LogP contribution in [0.2, 0.25) is 0 Å². The van der Waals surface area contributed by atoms with Crippen LogP contribution < -0.4 is 16.2 Å². The topological polar surface area (TPSA) is 51.7 Å². The molecule has 1 aliphatic rings. The molecule has 0 saturated heterocycles. The van der Waals surface area contributed by atoms with Crippen LogP contribution in [0.4, 0.5) is 0 Å². The molecule has 0 aliphatic carbocycles. The molecule has 1 aliphatic heterocycles. The first kappa shape index (κ1) is 13.2. The minimum absolute atomic E-state index is 0.366. The average Bonchev–Trinajstić information content (AvgIpc) is 2.14. The Morgan fingerprint density at radius 1 is 1.31 bits per heavy atom. The van der Waals surface area contributed by atoms with Crippen molar-refractivity contribution in [2.45, 2.75) is 39.8 Å². The van der Waals surface area contributed by atoms with E-state index >= 15 is 0 Å². The third kappa shape index (κ3) is 4.32. The molecule has 0 aromatic heterocycles. The molecule has 1 heterocycles. The maximum Gasteiger partial charge on any atom is 0.183 e. The Balaban J connectivity index is 2.69. The second-order valence-corrected chi connectivity index (χ2v) is 5.00. The molecule has 0 atom stereocenters. The summed E-state index contributed by atoms with van der Waals surface area (Å²) in [5.74, 6) is 0.867. The summed E-state index contributed by atoms with van der Waals surface area (Å²) in [5, 5.41) is 6.00. The number of thioether (sulfide) groups is 1. The van der Waals surface area contributed by atoms with Gasteiger partial charge in [0.15, 0.2) is 5.17 Å². The average molecular weight is 243 g/mol. The van der Waals surface area contributed by atoms with Gasteiger partial charge in [0.1, 0.15) is 5.82 Å². The van der Waals surface area contributed by atoms with Gasteiger partial charge in [-0.15, -0.1) is 0 Å². The molecule has 0 unspecified atom stereocenters. The van der Waals surface area contributed by atoms with Gasteiger partial charge in [-0.25, -0.2) is 15.5 Å². The smallest absolute Gasteiger partial charge is 0.183 e. The lowest BCUT2D eigenvalue weighted by molar-refractivity contribution is 0.202. The van der Waals surface area contributed by atoms with Gasteiger partial charge in [0.05, 0.1) is 6.20 Å². The number of aliphatic imine (C=N–C) groups is 1. The SMILES string of the molecule is CSC1=NC(NC(C)C)=CN(NC(C)C)N1. The Hall–Kier alpha value is -0.880. The molecule has 0 bridgehead atoms. The van der Waals surface area contributed by atoms with Gasteiger partial charge in [-0.2, -0.15) is 0 Å². The zero-order chi connectivity index (χ0) is 12.1. The summed E-state index contributed by atoms with van der Waals surface area (Å²) in [6.45, 7) is 8.37. The van der Waals surface area contributed by atoms with E-state index in [0.29, 0.717) is 12.1 Å². The molecule has 0 aromatic rings. The van der Waals surface area contributed by atoms with Crippen LogP contribution >= 0.6 is 11.8 Å². The van der Waals surface area contributed by atoms with Gasteiger partial charge in [-0.1, -0.05) is 11.8 Å². The molecule has 3 N–H and O–H groups in total. The van der Waals surface area contributed by atoms with Gasteiger partial charge >= 0.3 is 0 Å². The predicted octanol–water partition coefficient (Wildman–Crippen LogP) is 1.24. The molecule has 0 fully saturated rings. The lowest BCUT2D eigenvalue weighted by Gasteiger charge is -2.29. The van der Waals surface area contributed by atoms with Gasteiger partial charge in [0.2, 0.25) is 0 Å². The Morgan fingerprint density at radius 3 is 2.50 bits per heavy atom. The van der Waals surface area contributed by atoms with E-state index in [1.54, 1.807) is 11.8 Å². The zero-order valence-electron chi connectivity index (χ0n) is 10.5. The van der Waals surface area contributed by atoms with E-state index in [1.807, 2.05) is 17.6 Å². The standard InChI is InChI=1S/C10H21N5S/c1-7(2)11-9-6-15(13-8(3)4)14-10(12-9)16-5/h6-8,11,13H,1-5H3,(H,12,14). The number of hydrazine groups is 2. The van der Waals surface area contributed by atoms with Gasteiger partial charge in [-0.3, -0.25) is 5.43 Å². The Morgan fingerprint density at radius 2 is 2.00 bits per heavy atom. The first-order chi connectivity index (χ1) is 7.51. The van der Waals surface area contributed by atoms with Crippen molar-refractivity contribution >= 4 is 16.9 Å². The molecule has 0 spiro atoms. The number of hydrogen-bond donors (Lipinski definition) is 3. The minimum Gasteiger partial charge on any atom is -0.366 e. The van der Waals surface area contributed by atoms with Crippen molar-refractivity contribution in [2.75, 3.05) is 6.26 Å². The summed E-state index contributed by atoms with van der Waals surface area (Å²) in [5.41, 5.74) is 6.42. The van der Waals surface area contributed by atoms with E-state index in [0.717, 1.165) is 11.0 Å². The van der Waals surface area contributed by atoms with E-state index < -0.39 is 0 Å². The maximum atomic E-state index is 4.43. The van der Waals surface area contributed by atoms with E-state index in [-0.39, 0.29) is 0 Å². The van der Waals surface area contributed by atoms with Crippen molar-refractivity contribution in [3.05, 3.63) is 12.0 Å². The molecule has 0 saturated carbocycles. The number of rotatable bonds is 4. The Kier molecular flexibility index (Phi) is 4.95. The highest BCUT2D eigenvalue weighted by atomic mass is 32.2. The second-order valence-electron chi connectivity index (χ2n) is 4.20. The van der Waals surface area contributed by atoms with Gasteiger partial charge in [0.25, 0.3) is 0 Å². The lowest BCUT2D eigenvalue weighted by Crippen LogP contribution is -2.51. The van der Waals surface area contributed by atoms with Crippen LogP contribution in [-0.4, -0.2) is 28.6 Å². The normalized spacial score (nSPS) is 16.1. The fraction of sp³-hybridized carbons (Fsp3) is 0.700. The highest BCUT2D eigenvalue weighted by Crippen LogP contribution is 2.07. The first-order valence-corrected chi connectivity index (χ1v) is 6.67. The van der Waals surface area contributed by atoms with E-state index in [9.17, 15) is 0 Å². The summed E-state index contributed by atoms with van der Waals surface area (Å²) in [6.07, 6.45) is 3.91. The fourth-order valence-corrected chi connectivity index (χ4v) is 1.60. The van der Waals surface area contributed by atoms with Gasteiger partial charge < -0.3 is 5.32 Å². The van der Waals surface area contributed by atoms with Gasteiger partial charge in [-0.05, 0) is 34.0 Å².